The van der Waals surface area contributed by atoms with Gasteiger partial charge in [-0.1, -0.05) is 50.3 Å². The Hall–Kier alpha value is -3.81. The number of nitrogens with zero attached hydrogens (tertiary/aromatic N) is 2. The molecule has 0 saturated carbocycles. The number of halogens is 1. The van der Waals surface area contributed by atoms with Gasteiger partial charge in [0.1, 0.15) is 5.82 Å². The third-order valence-electron chi connectivity index (χ3n) is 6.09. The summed E-state index contributed by atoms with van der Waals surface area (Å²) in [6.45, 7) is 7.54. The summed E-state index contributed by atoms with van der Waals surface area (Å²) >= 11 is 0. The number of fused-ring (bicyclic) bond motifs is 1. The number of hydrogen-bond acceptors (Lipinski definition) is 4. The Kier molecular flexibility index (Phi) is 8.17. The van der Waals surface area contributed by atoms with Gasteiger partial charge >= 0.3 is 0 Å². The number of primary amides is 1. The third-order valence-corrected chi connectivity index (χ3v) is 6.09. The number of amides is 3. The Morgan fingerprint density at radius 2 is 1.77 bits per heavy atom. The number of carbonyl (C=O) groups excluding carboxylic acids is 3. The van der Waals surface area contributed by atoms with E-state index in [-0.39, 0.29) is 23.6 Å². The molecule has 2 aromatic rings. The molecule has 2 aromatic carbocycles. The summed E-state index contributed by atoms with van der Waals surface area (Å²) in [5, 5.41) is 2.71. The van der Waals surface area contributed by atoms with E-state index >= 15 is 0 Å². The van der Waals surface area contributed by atoms with Crippen LogP contribution in [-0.4, -0.2) is 36.6 Å². The average molecular weight is 479 g/mol. The van der Waals surface area contributed by atoms with Crippen molar-refractivity contribution in [2.45, 2.75) is 32.9 Å². The number of para-hydroxylation sites is 1. The van der Waals surface area contributed by atoms with E-state index in [2.05, 4.69) is 16.9 Å². The molecular formula is C27H31FN4O3. The van der Waals surface area contributed by atoms with E-state index in [1.807, 2.05) is 13.8 Å². The highest BCUT2D eigenvalue weighted by atomic mass is 19.1. The molecule has 0 unspecified atom stereocenters. The fraction of sp³-hybridized carbons (Fsp3) is 0.333. The summed E-state index contributed by atoms with van der Waals surface area (Å²) in [6.07, 6.45) is 0.842. The number of allylic oxidation sites excluding steroid dienone is 1. The van der Waals surface area contributed by atoms with Crippen LogP contribution in [0.25, 0.3) is 0 Å². The predicted octanol–water partition coefficient (Wildman–Crippen LogP) is 3.42. The van der Waals surface area contributed by atoms with Gasteiger partial charge in [-0.05, 0) is 37.0 Å². The fourth-order valence-electron chi connectivity index (χ4n) is 4.35. The van der Waals surface area contributed by atoms with Gasteiger partial charge in [-0.2, -0.15) is 0 Å². The lowest BCUT2D eigenvalue weighted by Crippen LogP contribution is -2.50. The Morgan fingerprint density at radius 3 is 2.37 bits per heavy atom. The predicted molar refractivity (Wildman–Crippen MR) is 134 cm³/mol. The largest absolute Gasteiger partial charge is 0.369 e. The van der Waals surface area contributed by atoms with Crippen molar-refractivity contribution in [2.75, 3.05) is 11.9 Å². The average Bonchev–Trinajstić information content (AvgIpc) is 2.92. The molecule has 0 radical (unpaired) electrons. The molecular weight excluding hydrogens is 447 g/mol. The minimum Gasteiger partial charge on any atom is -0.369 e. The minimum atomic E-state index is -1.32. The molecule has 3 amide bonds. The van der Waals surface area contributed by atoms with Crippen molar-refractivity contribution in [3.63, 3.8) is 0 Å². The van der Waals surface area contributed by atoms with Crippen molar-refractivity contribution in [3.8, 4) is 0 Å². The SMILES string of the molecule is C=CC[C@H](C(N)=O)[C@@H](CC(C)C)C(=O)N[C@H]1N=C(c2ccccc2F)c2ccccc2N(C)C1=O. The lowest BCUT2D eigenvalue weighted by atomic mass is 9.82. The van der Waals surface area contributed by atoms with E-state index in [0.29, 0.717) is 17.7 Å². The van der Waals surface area contributed by atoms with E-state index in [0.717, 1.165) is 0 Å². The quantitative estimate of drug-likeness (QED) is 0.540. The number of benzodiazepines with no additional fused rings is 1. The van der Waals surface area contributed by atoms with E-state index in [1.165, 1.54) is 11.0 Å². The number of nitrogens with two attached hydrogens (primary N) is 1. The van der Waals surface area contributed by atoms with Crippen molar-refractivity contribution in [1.82, 2.24) is 5.32 Å². The Bertz CT molecular complexity index is 1160. The molecule has 0 saturated heterocycles. The molecule has 0 aromatic heterocycles. The smallest absolute Gasteiger partial charge is 0.272 e. The molecule has 1 aliphatic heterocycles. The first-order chi connectivity index (χ1) is 16.6. The molecule has 7 nitrogen and oxygen atoms in total. The van der Waals surface area contributed by atoms with Gasteiger partial charge in [0.2, 0.25) is 18.0 Å². The van der Waals surface area contributed by atoms with Gasteiger partial charge in [0, 0.05) is 18.2 Å². The maximum atomic E-state index is 14.8. The molecule has 35 heavy (non-hydrogen) atoms. The second-order valence-corrected chi connectivity index (χ2v) is 9.05. The van der Waals surface area contributed by atoms with Crippen LogP contribution >= 0.6 is 0 Å². The zero-order chi connectivity index (χ0) is 25.7. The van der Waals surface area contributed by atoms with Gasteiger partial charge < -0.3 is 16.0 Å². The highest BCUT2D eigenvalue weighted by molar-refractivity contribution is 6.20. The third kappa shape index (κ3) is 5.65. The summed E-state index contributed by atoms with van der Waals surface area (Å²) in [6, 6.07) is 13.2. The first-order valence-corrected chi connectivity index (χ1v) is 11.6. The number of likely N-dealkylation sites (N-methyl/N-ethyl adjacent to an activating group) is 1. The van der Waals surface area contributed by atoms with E-state index in [4.69, 9.17) is 5.73 Å². The standard InChI is InChI=1S/C27H31FN4O3/c1-5-10-17(24(29)33)20(15-16(2)3)26(34)31-25-27(35)32(4)22-14-9-7-12-19(22)23(30-25)18-11-6-8-13-21(18)28/h5-9,11-14,16-17,20,25H,1,10,15H2,2-4H3,(H2,29,33)(H,31,34)/t17-,20+,25+/m0/s1. The molecule has 1 heterocycles. The van der Waals surface area contributed by atoms with Crippen LogP contribution in [0.3, 0.4) is 0 Å². The molecule has 0 spiro atoms. The van der Waals surface area contributed by atoms with Gasteiger partial charge in [-0.25, -0.2) is 9.38 Å². The van der Waals surface area contributed by atoms with Crippen LogP contribution in [0.2, 0.25) is 0 Å². The molecule has 0 fully saturated rings. The molecule has 8 heteroatoms. The molecule has 3 atom stereocenters. The number of nitrogens with one attached hydrogen (secondary N) is 1. The summed E-state index contributed by atoms with van der Waals surface area (Å²) < 4.78 is 14.8. The van der Waals surface area contributed by atoms with Crippen LogP contribution < -0.4 is 16.0 Å². The second kappa shape index (κ2) is 11.1. The Balaban J connectivity index is 2.07. The van der Waals surface area contributed by atoms with Gasteiger partial charge in [0.05, 0.1) is 23.2 Å². The highest BCUT2D eigenvalue weighted by Gasteiger charge is 2.36. The van der Waals surface area contributed by atoms with Crippen molar-refractivity contribution >= 4 is 29.1 Å². The number of hydrogen-bond donors (Lipinski definition) is 2. The second-order valence-electron chi connectivity index (χ2n) is 9.05. The molecule has 184 valence electrons. The number of carbonyl (C=O) groups is 3. The van der Waals surface area contributed by atoms with Crippen LogP contribution in [0.15, 0.2) is 66.2 Å². The summed E-state index contributed by atoms with van der Waals surface area (Å²) in [4.78, 5) is 44.9. The highest BCUT2D eigenvalue weighted by Crippen LogP contribution is 2.29. The summed E-state index contributed by atoms with van der Waals surface area (Å²) in [5.41, 5.74) is 7.17. The maximum Gasteiger partial charge on any atom is 0.272 e. The fourth-order valence-corrected chi connectivity index (χ4v) is 4.35. The van der Waals surface area contributed by atoms with Gasteiger partial charge in [-0.3, -0.25) is 14.4 Å². The van der Waals surface area contributed by atoms with Gasteiger partial charge in [0.15, 0.2) is 0 Å². The maximum absolute atomic E-state index is 14.8. The lowest BCUT2D eigenvalue weighted by Gasteiger charge is -2.27. The summed E-state index contributed by atoms with van der Waals surface area (Å²) in [5.74, 6) is -3.58. The number of anilines is 1. The molecule has 0 bridgehead atoms. The Labute approximate surface area is 204 Å². The zero-order valence-corrected chi connectivity index (χ0v) is 20.2. The lowest BCUT2D eigenvalue weighted by molar-refractivity contribution is -0.135. The van der Waals surface area contributed by atoms with Crippen LogP contribution in [-0.2, 0) is 14.4 Å². The monoisotopic (exact) mass is 478 g/mol. The molecule has 0 aliphatic carbocycles. The molecule has 3 rings (SSSR count). The van der Waals surface area contributed by atoms with Crippen LogP contribution in [0, 0.1) is 23.6 Å². The first-order valence-electron chi connectivity index (χ1n) is 11.6. The first kappa shape index (κ1) is 25.8. The van der Waals surface area contributed by atoms with Crippen LogP contribution in [0.4, 0.5) is 10.1 Å². The summed E-state index contributed by atoms with van der Waals surface area (Å²) in [7, 11) is 1.58. The number of aliphatic imine (C=N–C) groups is 1. The zero-order valence-electron chi connectivity index (χ0n) is 20.2. The van der Waals surface area contributed by atoms with Crippen LogP contribution in [0.5, 0.6) is 0 Å². The van der Waals surface area contributed by atoms with Crippen molar-refractivity contribution in [1.29, 1.82) is 0 Å². The van der Waals surface area contributed by atoms with E-state index in [9.17, 15) is 18.8 Å². The van der Waals surface area contributed by atoms with Gasteiger partial charge in [-0.15, -0.1) is 6.58 Å². The molecule has 3 N–H and O–H groups in total. The van der Waals surface area contributed by atoms with Crippen molar-refractivity contribution < 1.29 is 18.8 Å². The minimum absolute atomic E-state index is 0.0895. The van der Waals surface area contributed by atoms with Gasteiger partial charge in [0.25, 0.3) is 5.91 Å². The molecule has 1 aliphatic rings. The topological polar surface area (TPSA) is 105 Å². The number of rotatable bonds is 9. The number of benzene rings is 2. The van der Waals surface area contributed by atoms with E-state index < -0.39 is 41.5 Å². The van der Waals surface area contributed by atoms with Crippen molar-refractivity contribution in [3.05, 3.63) is 78.1 Å². The normalized spacial score (nSPS) is 17.2. The van der Waals surface area contributed by atoms with Crippen molar-refractivity contribution in [2.24, 2.45) is 28.5 Å². The van der Waals surface area contributed by atoms with Crippen LogP contribution in [0.1, 0.15) is 37.8 Å². The van der Waals surface area contributed by atoms with E-state index in [1.54, 1.807) is 55.6 Å². The Morgan fingerprint density at radius 1 is 1.14 bits per heavy atom.